The lowest BCUT2D eigenvalue weighted by Gasteiger charge is -1.99. The summed E-state index contributed by atoms with van der Waals surface area (Å²) >= 11 is 2.10. The highest BCUT2D eigenvalue weighted by atomic mass is 127. The second-order valence-corrected chi connectivity index (χ2v) is 4.06. The quantitative estimate of drug-likeness (QED) is 0.845. The maximum absolute atomic E-state index is 11.2. The highest BCUT2D eigenvalue weighted by Gasteiger charge is 2.07. The maximum atomic E-state index is 11.2. The molecule has 0 saturated carbocycles. The van der Waals surface area contributed by atoms with Gasteiger partial charge in [-0.1, -0.05) is 0 Å². The summed E-state index contributed by atoms with van der Waals surface area (Å²) in [6.07, 6.45) is 1.05. The van der Waals surface area contributed by atoms with Crippen LogP contribution in [0.25, 0.3) is 5.65 Å². The third-order valence-electron chi connectivity index (χ3n) is 1.78. The van der Waals surface area contributed by atoms with Crippen LogP contribution in [0.2, 0.25) is 0 Å². The fourth-order valence-electron chi connectivity index (χ4n) is 1.16. The van der Waals surface area contributed by atoms with E-state index in [1.807, 2.05) is 13.0 Å². The van der Waals surface area contributed by atoms with Crippen LogP contribution >= 0.6 is 22.6 Å². The van der Waals surface area contributed by atoms with Crippen molar-refractivity contribution in [2.24, 2.45) is 0 Å². The van der Waals surface area contributed by atoms with Crippen LogP contribution in [0, 0.1) is 3.70 Å². The number of rotatable bonds is 2. The highest BCUT2D eigenvalue weighted by Crippen LogP contribution is 2.11. The molecule has 0 bridgehead atoms. The lowest BCUT2D eigenvalue weighted by molar-refractivity contribution is 0.199. The number of carbonyl (C=O) groups is 1. The zero-order chi connectivity index (χ0) is 11.5. The van der Waals surface area contributed by atoms with Gasteiger partial charge in [0.25, 0.3) is 0 Å². The smallest absolute Gasteiger partial charge is 0.389 e. The Kier molecular flexibility index (Phi) is 3.22. The van der Waals surface area contributed by atoms with E-state index in [0.29, 0.717) is 12.2 Å². The third-order valence-corrected chi connectivity index (χ3v) is 2.36. The number of halogens is 1. The molecule has 16 heavy (non-hydrogen) atoms. The van der Waals surface area contributed by atoms with E-state index in [2.05, 4.69) is 38.0 Å². The minimum atomic E-state index is -0.513. The number of fused-ring (bicyclic) bond motifs is 1. The highest BCUT2D eigenvalue weighted by molar-refractivity contribution is 14.1. The Labute approximate surface area is 105 Å². The van der Waals surface area contributed by atoms with Crippen LogP contribution < -0.4 is 10.1 Å². The molecule has 7 heteroatoms. The van der Waals surface area contributed by atoms with Crippen LogP contribution in [0.5, 0.6) is 5.88 Å². The van der Waals surface area contributed by atoms with E-state index in [0.717, 1.165) is 3.70 Å². The Bertz CT molecular complexity index is 525. The van der Waals surface area contributed by atoms with Gasteiger partial charge in [-0.3, -0.25) is 0 Å². The van der Waals surface area contributed by atoms with E-state index in [4.69, 9.17) is 4.74 Å². The zero-order valence-electron chi connectivity index (χ0n) is 8.48. The SMILES string of the molecule is CCNC(=O)Oc1cn2nc(I)ccc2n1. The minimum absolute atomic E-state index is 0.237. The van der Waals surface area contributed by atoms with Crippen LogP contribution in [0.1, 0.15) is 6.92 Å². The topological polar surface area (TPSA) is 68.5 Å². The molecule has 0 saturated heterocycles. The first-order chi connectivity index (χ1) is 7.69. The molecule has 6 nitrogen and oxygen atoms in total. The minimum Gasteiger partial charge on any atom is -0.389 e. The molecule has 1 N–H and O–H groups in total. The molecular weight excluding hydrogens is 323 g/mol. The number of nitrogens with one attached hydrogen (secondary N) is 1. The van der Waals surface area contributed by atoms with Crippen molar-refractivity contribution in [2.75, 3.05) is 6.54 Å². The molecule has 0 aliphatic heterocycles. The van der Waals surface area contributed by atoms with Gasteiger partial charge in [-0.2, -0.15) is 10.1 Å². The van der Waals surface area contributed by atoms with Crippen molar-refractivity contribution in [2.45, 2.75) is 6.92 Å². The molecule has 2 aromatic rings. The van der Waals surface area contributed by atoms with Crippen LogP contribution in [0.15, 0.2) is 18.3 Å². The fourth-order valence-corrected chi connectivity index (χ4v) is 1.57. The van der Waals surface area contributed by atoms with E-state index < -0.39 is 6.09 Å². The predicted molar refractivity (Wildman–Crippen MR) is 65.4 cm³/mol. The van der Waals surface area contributed by atoms with Crippen molar-refractivity contribution in [1.82, 2.24) is 19.9 Å². The summed E-state index contributed by atoms with van der Waals surface area (Å²) in [4.78, 5) is 15.2. The fraction of sp³-hybridized carbons (Fsp3) is 0.222. The molecule has 2 aromatic heterocycles. The third kappa shape index (κ3) is 2.40. The lowest BCUT2D eigenvalue weighted by Crippen LogP contribution is -2.26. The van der Waals surface area contributed by atoms with Crippen molar-refractivity contribution in [3.05, 3.63) is 22.0 Å². The van der Waals surface area contributed by atoms with Gasteiger partial charge in [0.1, 0.15) is 3.70 Å². The van der Waals surface area contributed by atoms with Crippen LogP contribution in [0.3, 0.4) is 0 Å². The average molecular weight is 332 g/mol. The van der Waals surface area contributed by atoms with Crippen molar-refractivity contribution >= 4 is 34.3 Å². The number of amides is 1. The molecule has 0 atom stereocenters. The van der Waals surface area contributed by atoms with Crippen molar-refractivity contribution in [3.63, 3.8) is 0 Å². The summed E-state index contributed by atoms with van der Waals surface area (Å²) in [5.74, 6) is 0.237. The average Bonchev–Trinajstić information content (AvgIpc) is 2.59. The molecule has 2 heterocycles. The summed E-state index contributed by atoms with van der Waals surface area (Å²) in [5, 5.41) is 6.70. The summed E-state index contributed by atoms with van der Waals surface area (Å²) in [6.45, 7) is 2.33. The van der Waals surface area contributed by atoms with Gasteiger partial charge in [0, 0.05) is 6.54 Å². The van der Waals surface area contributed by atoms with E-state index in [1.54, 1.807) is 16.8 Å². The number of nitrogens with zero attached hydrogens (tertiary/aromatic N) is 3. The van der Waals surface area contributed by atoms with Gasteiger partial charge in [0.05, 0.1) is 6.20 Å². The first-order valence-electron chi connectivity index (χ1n) is 4.66. The number of ether oxygens (including phenoxy) is 1. The van der Waals surface area contributed by atoms with Crippen molar-refractivity contribution in [3.8, 4) is 5.88 Å². The molecule has 0 aromatic carbocycles. The molecule has 0 aliphatic carbocycles. The number of hydrogen-bond donors (Lipinski definition) is 1. The first-order valence-corrected chi connectivity index (χ1v) is 5.74. The summed E-state index contributed by atoms with van der Waals surface area (Å²) in [5.41, 5.74) is 0.639. The number of hydrogen-bond acceptors (Lipinski definition) is 4. The standard InChI is InChI=1S/C9H9IN4O2/c1-2-11-9(15)16-8-5-14-7(12-8)4-3-6(10)13-14/h3-5H,2H2,1H3,(H,11,15). The molecule has 1 amide bonds. The number of aromatic nitrogens is 3. The number of carbonyl (C=O) groups excluding carboxylic acids is 1. The molecule has 0 fully saturated rings. The van der Waals surface area contributed by atoms with Crippen LogP contribution in [-0.4, -0.2) is 27.2 Å². The predicted octanol–water partition coefficient (Wildman–Crippen LogP) is 1.44. The molecule has 0 aliphatic rings. The summed E-state index contributed by atoms with van der Waals surface area (Å²) < 4.78 is 7.36. The van der Waals surface area contributed by atoms with E-state index in [-0.39, 0.29) is 5.88 Å². The van der Waals surface area contributed by atoms with Gasteiger partial charge >= 0.3 is 6.09 Å². The van der Waals surface area contributed by atoms with Gasteiger partial charge in [0.2, 0.25) is 5.88 Å². The molecule has 0 spiro atoms. The molecule has 0 unspecified atom stereocenters. The molecule has 0 radical (unpaired) electrons. The Morgan fingerprint density at radius 2 is 2.44 bits per heavy atom. The summed E-state index contributed by atoms with van der Waals surface area (Å²) in [6, 6.07) is 3.64. The van der Waals surface area contributed by atoms with Crippen molar-refractivity contribution in [1.29, 1.82) is 0 Å². The molecule has 84 valence electrons. The molecular formula is C9H9IN4O2. The van der Waals surface area contributed by atoms with Crippen LogP contribution in [0.4, 0.5) is 4.79 Å². The lowest BCUT2D eigenvalue weighted by atomic mass is 10.6. The second kappa shape index (κ2) is 4.64. The largest absolute Gasteiger partial charge is 0.413 e. The Balaban J connectivity index is 2.23. The van der Waals surface area contributed by atoms with Gasteiger partial charge < -0.3 is 10.1 Å². The van der Waals surface area contributed by atoms with Crippen LogP contribution in [-0.2, 0) is 0 Å². The van der Waals surface area contributed by atoms with E-state index in [1.165, 1.54) is 0 Å². The van der Waals surface area contributed by atoms with Gasteiger partial charge in [-0.25, -0.2) is 9.31 Å². The van der Waals surface area contributed by atoms with E-state index >= 15 is 0 Å². The van der Waals surface area contributed by atoms with Gasteiger partial charge in [-0.15, -0.1) is 0 Å². The Morgan fingerprint density at radius 1 is 1.62 bits per heavy atom. The zero-order valence-corrected chi connectivity index (χ0v) is 10.6. The molecule has 2 rings (SSSR count). The summed E-state index contributed by atoms with van der Waals surface area (Å²) in [7, 11) is 0. The Morgan fingerprint density at radius 3 is 3.19 bits per heavy atom. The Hall–Kier alpha value is -1.38. The van der Waals surface area contributed by atoms with Gasteiger partial charge in [0.15, 0.2) is 5.65 Å². The first kappa shape index (κ1) is 11.1. The second-order valence-electron chi connectivity index (χ2n) is 2.96. The normalized spacial score (nSPS) is 10.4. The maximum Gasteiger partial charge on any atom is 0.413 e. The van der Waals surface area contributed by atoms with E-state index in [9.17, 15) is 4.79 Å². The number of imidazole rings is 1. The van der Waals surface area contributed by atoms with Crippen molar-refractivity contribution < 1.29 is 9.53 Å². The monoisotopic (exact) mass is 332 g/mol. The van der Waals surface area contributed by atoms with Gasteiger partial charge in [-0.05, 0) is 41.6 Å².